The van der Waals surface area contributed by atoms with Crippen LogP contribution in [0.3, 0.4) is 0 Å². The third-order valence-corrected chi connectivity index (χ3v) is 5.62. The van der Waals surface area contributed by atoms with E-state index in [1.54, 1.807) is 18.5 Å². The number of nitrogens with one attached hydrogen (secondary N) is 1. The molecule has 31 heavy (non-hydrogen) atoms. The molecule has 0 spiro atoms. The summed E-state index contributed by atoms with van der Waals surface area (Å²) < 4.78 is 19.8. The fourth-order valence-electron chi connectivity index (χ4n) is 2.91. The van der Waals surface area contributed by atoms with Gasteiger partial charge in [0, 0.05) is 30.6 Å². The van der Waals surface area contributed by atoms with Gasteiger partial charge in [0.25, 0.3) is 0 Å². The number of halogens is 1. The van der Waals surface area contributed by atoms with Crippen molar-refractivity contribution < 1.29 is 13.9 Å². The lowest BCUT2D eigenvalue weighted by Gasteiger charge is -2.10. The zero-order valence-electron chi connectivity index (χ0n) is 16.3. The Morgan fingerprint density at radius 3 is 2.77 bits per heavy atom. The summed E-state index contributed by atoms with van der Waals surface area (Å²) >= 11 is 1.21. The number of nitriles is 1. The van der Waals surface area contributed by atoms with E-state index in [0.29, 0.717) is 22.9 Å². The molecule has 4 rings (SSSR count). The number of hydrogen-bond acceptors (Lipinski definition) is 6. The molecule has 2 aromatic carbocycles. The van der Waals surface area contributed by atoms with E-state index >= 15 is 0 Å². The molecule has 1 atom stereocenters. The van der Waals surface area contributed by atoms with Crippen molar-refractivity contribution in [2.45, 2.75) is 19.1 Å². The van der Waals surface area contributed by atoms with Crippen LogP contribution in [0.2, 0.25) is 0 Å². The largest absolute Gasteiger partial charge is 0.489 e. The Labute approximate surface area is 182 Å². The van der Waals surface area contributed by atoms with Gasteiger partial charge in [0.2, 0.25) is 5.91 Å². The predicted octanol–water partition coefficient (Wildman–Crippen LogP) is 4.33. The van der Waals surface area contributed by atoms with Crippen LogP contribution in [-0.2, 0) is 17.9 Å². The first-order chi connectivity index (χ1) is 15.1. The quantitative estimate of drug-likeness (QED) is 0.470. The van der Waals surface area contributed by atoms with E-state index in [4.69, 9.17) is 4.74 Å². The number of rotatable bonds is 7. The summed E-state index contributed by atoms with van der Waals surface area (Å²) in [4.78, 5) is 20.8. The Morgan fingerprint density at radius 2 is 2.03 bits per heavy atom. The Kier molecular flexibility index (Phi) is 6.15. The third kappa shape index (κ3) is 5.02. The molecule has 0 saturated carbocycles. The molecular formula is C23H17FN4O2S. The second kappa shape index (κ2) is 9.32. The minimum Gasteiger partial charge on any atom is -0.489 e. The first-order valence-electron chi connectivity index (χ1n) is 9.46. The number of pyridine rings is 1. The maximum Gasteiger partial charge on any atom is 0.244 e. The highest BCUT2D eigenvalue weighted by Crippen LogP contribution is 2.28. The molecule has 0 aliphatic carbocycles. The molecule has 0 aliphatic heterocycles. The van der Waals surface area contributed by atoms with Gasteiger partial charge in [0.05, 0.1) is 16.3 Å². The summed E-state index contributed by atoms with van der Waals surface area (Å²) in [5.74, 6) is -1.20. The number of hydrogen-bond donors (Lipinski definition) is 1. The number of benzene rings is 2. The molecule has 0 bridgehead atoms. The minimum atomic E-state index is -1.05. The van der Waals surface area contributed by atoms with Crippen LogP contribution in [-0.4, -0.2) is 15.9 Å². The maximum atomic E-state index is 13.4. The van der Waals surface area contributed by atoms with Gasteiger partial charge in [0.1, 0.15) is 23.2 Å². The lowest BCUT2D eigenvalue weighted by molar-refractivity contribution is -0.121. The van der Waals surface area contributed by atoms with Gasteiger partial charge >= 0.3 is 0 Å². The van der Waals surface area contributed by atoms with Crippen LogP contribution < -0.4 is 10.1 Å². The molecule has 0 unspecified atom stereocenters. The molecule has 8 heteroatoms. The number of carbonyl (C=O) groups excluding carboxylic acids is 1. The first kappa shape index (κ1) is 20.4. The van der Waals surface area contributed by atoms with Crippen LogP contribution in [0.1, 0.15) is 22.1 Å². The van der Waals surface area contributed by atoms with Gasteiger partial charge in [-0.1, -0.05) is 18.2 Å². The standard InChI is InChI=1S/C23H17FN4O2S/c24-17-5-8-21-20(10-17)28-23(31-21)19(11-25)22(29)27-13-15-3-6-18(7-4-15)30-14-16-2-1-9-26-12-16/h1-10,12,19H,13-14H2,(H,27,29)/t19-/m0/s1. The summed E-state index contributed by atoms with van der Waals surface area (Å²) in [5.41, 5.74) is 2.28. The lowest BCUT2D eigenvalue weighted by Crippen LogP contribution is -2.28. The molecule has 154 valence electrons. The summed E-state index contributed by atoms with van der Waals surface area (Å²) in [6.07, 6.45) is 3.46. The number of amides is 1. The average molecular weight is 432 g/mol. The smallest absolute Gasteiger partial charge is 0.244 e. The topological polar surface area (TPSA) is 87.9 Å². The van der Waals surface area contributed by atoms with E-state index in [-0.39, 0.29) is 6.54 Å². The summed E-state index contributed by atoms with van der Waals surface area (Å²) in [6.45, 7) is 0.680. The van der Waals surface area contributed by atoms with Gasteiger partial charge in [-0.25, -0.2) is 9.37 Å². The van der Waals surface area contributed by atoms with Crippen molar-refractivity contribution in [3.05, 3.63) is 88.9 Å². The molecule has 0 aliphatic rings. The zero-order valence-corrected chi connectivity index (χ0v) is 17.1. The number of fused-ring (bicyclic) bond motifs is 1. The molecule has 1 N–H and O–H groups in total. The summed E-state index contributed by atoms with van der Waals surface area (Å²) in [6, 6.07) is 17.3. The lowest BCUT2D eigenvalue weighted by atomic mass is 10.1. The van der Waals surface area contributed by atoms with Gasteiger partial charge in [-0.05, 0) is 35.9 Å². The molecule has 4 aromatic rings. The van der Waals surface area contributed by atoms with Gasteiger partial charge in [-0.15, -0.1) is 11.3 Å². The van der Waals surface area contributed by atoms with Crippen molar-refractivity contribution in [1.29, 1.82) is 5.26 Å². The number of carbonyl (C=O) groups is 1. The number of aromatic nitrogens is 2. The van der Waals surface area contributed by atoms with Crippen LogP contribution in [0.15, 0.2) is 67.0 Å². The minimum absolute atomic E-state index is 0.263. The van der Waals surface area contributed by atoms with Crippen molar-refractivity contribution in [3.63, 3.8) is 0 Å². The molecule has 1 amide bonds. The van der Waals surface area contributed by atoms with Crippen LogP contribution >= 0.6 is 11.3 Å². The fraction of sp³-hybridized carbons (Fsp3) is 0.130. The predicted molar refractivity (Wildman–Crippen MR) is 115 cm³/mol. The van der Waals surface area contributed by atoms with E-state index in [1.165, 1.54) is 23.5 Å². The first-order valence-corrected chi connectivity index (χ1v) is 10.3. The molecule has 0 radical (unpaired) electrons. The van der Waals surface area contributed by atoms with Crippen molar-refractivity contribution in [3.8, 4) is 11.8 Å². The number of nitrogens with zero attached hydrogens (tertiary/aromatic N) is 3. The van der Waals surface area contributed by atoms with E-state index in [2.05, 4.69) is 15.3 Å². The Bertz CT molecular complexity index is 1240. The van der Waals surface area contributed by atoms with Gasteiger partial charge in [-0.3, -0.25) is 9.78 Å². The van der Waals surface area contributed by atoms with Crippen LogP contribution in [0.25, 0.3) is 10.2 Å². The SMILES string of the molecule is N#C[C@@H](C(=O)NCc1ccc(OCc2cccnc2)cc1)c1nc2cc(F)ccc2s1. The van der Waals surface area contributed by atoms with Crippen LogP contribution in [0.5, 0.6) is 5.75 Å². The number of thiazole rings is 1. The van der Waals surface area contributed by atoms with Crippen molar-refractivity contribution in [2.75, 3.05) is 0 Å². The monoisotopic (exact) mass is 432 g/mol. The number of ether oxygens (including phenoxy) is 1. The maximum absolute atomic E-state index is 13.4. The molecule has 6 nitrogen and oxygen atoms in total. The Hall–Kier alpha value is -3.83. The highest BCUT2D eigenvalue weighted by Gasteiger charge is 2.24. The Balaban J connectivity index is 1.35. The molecular weight excluding hydrogens is 415 g/mol. The summed E-state index contributed by atoms with van der Waals surface area (Å²) in [7, 11) is 0. The van der Waals surface area contributed by atoms with E-state index in [9.17, 15) is 14.4 Å². The Morgan fingerprint density at radius 1 is 1.19 bits per heavy atom. The highest BCUT2D eigenvalue weighted by molar-refractivity contribution is 7.18. The van der Waals surface area contributed by atoms with Crippen molar-refractivity contribution >= 4 is 27.5 Å². The van der Waals surface area contributed by atoms with Crippen LogP contribution in [0, 0.1) is 17.1 Å². The zero-order chi connectivity index (χ0) is 21.6. The van der Waals surface area contributed by atoms with Gasteiger partial charge in [-0.2, -0.15) is 5.26 Å². The van der Waals surface area contributed by atoms with Crippen LogP contribution in [0.4, 0.5) is 4.39 Å². The normalized spacial score (nSPS) is 11.6. The van der Waals surface area contributed by atoms with Gasteiger partial charge in [0.15, 0.2) is 5.92 Å². The van der Waals surface area contributed by atoms with Crippen molar-refractivity contribution in [1.82, 2.24) is 15.3 Å². The van der Waals surface area contributed by atoms with Gasteiger partial charge < -0.3 is 10.1 Å². The average Bonchev–Trinajstić information content (AvgIpc) is 3.20. The van der Waals surface area contributed by atoms with E-state index in [1.807, 2.05) is 42.5 Å². The van der Waals surface area contributed by atoms with Crippen molar-refractivity contribution in [2.24, 2.45) is 0 Å². The third-order valence-electron chi connectivity index (χ3n) is 4.52. The molecule has 2 aromatic heterocycles. The molecule has 0 saturated heterocycles. The second-order valence-corrected chi connectivity index (χ2v) is 7.80. The molecule has 2 heterocycles. The second-order valence-electron chi connectivity index (χ2n) is 6.74. The van der Waals surface area contributed by atoms with E-state index in [0.717, 1.165) is 15.8 Å². The summed E-state index contributed by atoms with van der Waals surface area (Å²) in [5, 5.41) is 12.6. The highest BCUT2D eigenvalue weighted by atomic mass is 32.1. The molecule has 0 fully saturated rings. The van der Waals surface area contributed by atoms with E-state index < -0.39 is 17.6 Å². The fourth-order valence-corrected chi connectivity index (χ4v) is 3.90.